The highest BCUT2D eigenvalue weighted by atomic mass is 16.2. The van der Waals surface area contributed by atoms with Gasteiger partial charge in [-0.25, -0.2) is 4.79 Å². The molecule has 0 aromatic heterocycles. The fourth-order valence-corrected chi connectivity index (χ4v) is 4.10. The molecule has 2 N–H and O–H groups in total. The SMILES string of the molecule is Cc1cc(C)c(C(C)NC(=O)CN2C(=O)NC3(CCCC3)C2=O)cc1C. The lowest BCUT2D eigenvalue weighted by Gasteiger charge is -2.21. The van der Waals surface area contributed by atoms with Crippen LogP contribution in [0, 0.1) is 20.8 Å². The van der Waals surface area contributed by atoms with Gasteiger partial charge in [0.25, 0.3) is 5.91 Å². The summed E-state index contributed by atoms with van der Waals surface area (Å²) >= 11 is 0. The van der Waals surface area contributed by atoms with Crippen LogP contribution in [-0.4, -0.2) is 34.8 Å². The van der Waals surface area contributed by atoms with Gasteiger partial charge in [0.05, 0.1) is 6.04 Å². The Balaban J connectivity index is 1.66. The van der Waals surface area contributed by atoms with E-state index in [1.54, 1.807) is 0 Å². The Bertz CT molecular complexity index is 766. The van der Waals surface area contributed by atoms with Crippen molar-refractivity contribution in [3.8, 4) is 0 Å². The Morgan fingerprint density at radius 3 is 2.42 bits per heavy atom. The fraction of sp³-hybridized carbons (Fsp3) is 0.550. The molecule has 3 rings (SSSR count). The summed E-state index contributed by atoms with van der Waals surface area (Å²) in [7, 11) is 0. The summed E-state index contributed by atoms with van der Waals surface area (Å²) < 4.78 is 0. The fourth-order valence-electron chi connectivity index (χ4n) is 4.10. The molecule has 1 saturated heterocycles. The van der Waals surface area contributed by atoms with E-state index >= 15 is 0 Å². The average molecular weight is 357 g/mol. The molecule has 4 amide bonds. The lowest BCUT2D eigenvalue weighted by molar-refractivity contribution is -0.135. The molecule has 26 heavy (non-hydrogen) atoms. The third-order valence-corrected chi connectivity index (χ3v) is 5.73. The molecule has 140 valence electrons. The molecule has 1 saturated carbocycles. The van der Waals surface area contributed by atoms with Gasteiger partial charge in [-0.3, -0.25) is 14.5 Å². The number of carbonyl (C=O) groups excluding carboxylic acids is 3. The molecule has 0 bridgehead atoms. The van der Waals surface area contributed by atoms with Crippen molar-refractivity contribution < 1.29 is 14.4 Å². The first-order valence-electron chi connectivity index (χ1n) is 9.25. The molecule has 1 aromatic rings. The predicted octanol–water partition coefficient (Wildman–Crippen LogP) is 2.65. The van der Waals surface area contributed by atoms with Gasteiger partial charge in [0, 0.05) is 0 Å². The zero-order valence-electron chi connectivity index (χ0n) is 15.9. The van der Waals surface area contributed by atoms with Crippen LogP contribution in [0.4, 0.5) is 4.79 Å². The summed E-state index contributed by atoms with van der Waals surface area (Å²) in [6.45, 7) is 7.80. The summed E-state index contributed by atoms with van der Waals surface area (Å²) in [6, 6.07) is 3.54. The summed E-state index contributed by atoms with van der Waals surface area (Å²) in [4.78, 5) is 38.3. The molecule has 1 aromatic carbocycles. The first kappa shape index (κ1) is 18.4. The maximum absolute atomic E-state index is 12.6. The minimum absolute atomic E-state index is 0.192. The molecule has 6 nitrogen and oxygen atoms in total. The number of rotatable bonds is 4. The second kappa shape index (κ2) is 6.74. The van der Waals surface area contributed by atoms with E-state index in [4.69, 9.17) is 0 Å². The maximum atomic E-state index is 12.6. The van der Waals surface area contributed by atoms with Crippen LogP contribution in [0.3, 0.4) is 0 Å². The Hall–Kier alpha value is -2.37. The van der Waals surface area contributed by atoms with Gasteiger partial charge in [-0.1, -0.05) is 25.0 Å². The number of carbonyl (C=O) groups is 3. The van der Waals surface area contributed by atoms with Gasteiger partial charge in [0.2, 0.25) is 5.91 Å². The van der Waals surface area contributed by atoms with Crippen LogP contribution >= 0.6 is 0 Å². The molecular formula is C20H27N3O3. The monoisotopic (exact) mass is 357 g/mol. The number of aryl methyl sites for hydroxylation is 3. The van der Waals surface area contributed by atoms with Crippen LogP contribution in [-0.2, 0) is 9.59 Å². The molecule has 2 fully saturated rings. The van der Waals surface area contributed by atoms with E-state index in [9.17, 15) is 14.4 Å². The van der Waals surface area contributed by atoms with Crippen molar-refractivity contribution >= 4 is 17.8 Å². The van der Waals surface area contributed by atoms with Crippen molar-refractivity contribution in [3.05, 3.63) is 34.4 Å². The van der Waals surface area contributed by atoms with Crippen molar-refractivity contribution in [1.29, 1.82) is 0 Å². The molecule has 1 unspecified atom stereocenters. The quantitative estimate of drug-likeness (QED) is 0.813. The van der Waals surface area contributed by atoms with E-state index in [2.05, 4.69) is 29.7 Å². The Morgan fingerprint density at radius 2 is 1.77 bits per heavy atom. The normalized spacial score (nSPS) is 19.8. The summed E-state index contributed by atoms with van der Waals surface area (Å²) in [5.41, 5.74) is 3.77. The third kappa shape index (κ3) is 3.20. The van der Waals surface area contributed by atoms with E-state index in [0.29, 0.717) is 12.8 Å². The lowest BCUT2D eigenvalue weighted by Crippen LogP contribution is -2.45. The van der Waals surface area contributed by atoms with Crippen molar-refractivity contribution in [1.82, 2.24) is 15.5 Å². The minimum atomic E-state index is -0.770. The number of imide groups is 1. The number of urea groups is 1. The van der Waals surface area contributed by atoms with E-state index < -0.39 is 11.6 Å². The summed E-state index contributed by atoms with van der Waals surface area (Å²) in [5.74, 6) is -0.584. The third-order valence-electron chi connectivity index (χ3n) is 5.73. The van der Waals surface area contributed by atoms with Crippen LogP contribution in [0.2, 0.25) is 0 Å². The summed E-state index contributed by atoms with van der Waals surface area (Å²) in [5, 5.41) is 5.72. The molecule has 1 heterocycles. The molecule has 0 radical (unpaired) electrons. The van der Waals surface area contributed by atoms with Gasteiger partial charge in [0.1, 0.15) is 12.1 Å². The number of nitrogens with one attached hydrogen (secondary N) is 2. The Kier molecular flexibility index (Phi) is 4.78. The topological polar surface area (TPSA) is 78.5 Å². The molecule has 1 spiro atoms. The van der Waals surface area contributed by atoms with Gasteiger partial charge in [0.15, 0.2) is 0 Å². The Morgan fingerprint density at radius 1 is 1.15 bits per heavy atom. The molecule has 1 aliphatic carbocycles. The van der Waals surface area contributed by atoms with Crippen LogP contribution < -0.4 is 10.6 Å². The molecular weight excluding hydrogens is 330 g/mol. The largest absolute Gasteiger partial charge is 0.348 e. The van der Waals surface area contributed by atoms with E-state index in [0.717, 1.165) is 28.9 Å². The van der Waals surface area contributed by atoms with Gasteiger partial charge in [-0.2, -0.15) is 0 Å². The van der Waals surface area contributed by atoms with Gasteiger partial charge < -0.3 is 10.6 Å². The first-order valence-corrected chi connectivity index (χ1v) is 9.25. The smallest absolute Gasteiger partial charge is 0.325 e. The highest BCUT2D eigenvalue weighted by Gasteiger charge is 2.52. The maximum Gasteiger partial charge on any atom is 0.325 e. The standard InChI is InChI=1S/C20H27N3O3/c1-12-9-14(3)16(10-13(12)2)15(4)21-17(24)11-23-18(25)20(22-19(23)26)7-5-6-8-20/h9-10,15H,5-8,11H2,1-4H3,(H,21,24)(H,22,26). The average Bonchev–Trinajstić information content (AvgIpc) is 3.12. The van der Waals surface area contributed by atoms with Gasteiger partial charge >= 0.3 is 6.03 Å². The second-order valence-electron chi connectivity index (χ2n) is 7.69. The molecule has 2 aliphatic rings. The van der Waals surface area contributed by atoms with Crippen LogP contribution in [0.25, 0.3) is 0 Å². The van der Waals surface area contributed by atoms with E-state index in [1.807, 2.05) is 20.8 Å². The minimum Gasteiger partial charge on any atom is -0.348 e. The van der Waals surface area contributed by atoms with E-state index in [-0.39, 0.29) is 24.4 Å². The number of amides is 4. The molecule has 1 aliphatic heterocycles. The zero-order chi connectivity index (χ0) is 19.1. The number of hydrogen-bond donors (Lipinski definition) is 2. The van der Waals surface area contributed by atoms with Crippen LogP contribution in [0.15, 0.2) is 12.1 Å². The number of nitrogens with zero attached hydrogens (tertiary/aromatic N) is 1. The van der Waals surface area contributed by atoms with Crippen molar-refractivity contribution in [3.63, 3.8) is 0 Å². The highest BCUT2D eigenvalue weighted by molar-refractivity contribution is 6.09. The number of hydrogen-bond acceptors (Lipinski definition) is 3. The van der Waals surface area contributed by atoms with Crippen LogP contribution in [0.1, 0.15) is 60.9 Å². The number of benzene rings is 1. The second-order valence-corrected chi connectivity index (χ2v) is 7.69. The van der Waals surface area contributed by atoms with Crippen molar-refractivity contribution in [2.24, 2.45) is 0 Å². The highest BCUT2D eigenvalue weighted by Crippen LogP contribution is 2.34. The Labute approximate surface area is 154 Å². The lowest BCUT2D eigenvalue weighted by atomic mass is 9.96. The van der Waals surface area contributed by atoms with Gasteiger partial charge in [-0.15, -0.1) is 0 Å². The molecule has 6 heteroatoms. The van der Waals surface area contributed by atoms with Gasteiger partial charge in [-0.05, 0) is 62.8 Å². The van der Waals surface area contributed by atoms with E-state index in [1.165, 1.54) is 11.1 Å². The van der Waals surface area contributed by atoms with Crippen molar-refractivity contribution in [2.45, 2.75) is 65.0 Å². The zero-order valence-corrected chi connectivity index (χ0v) is 15.9. The van der Waals surface area contributed by atoms with Crippen molar-refractivity contribution in [2.75, 3.05) is 6.54 Å². The first-order chi connectivity index (χ1) is 12.2. The summed E-state index contributed by atoms with van der Waals surface area (Å²) in [6.07, 6.45) is 3.17. The predicted molar refractivity (Wildman–Crippen MR) is 98.7 cm³/mol. The van der Waals surface area contributed by atoms with Crippen LogP contribution in [0.5, 0.6) is 0 Å². The molecule has 1 atom stereocenters.